The molecule has 0 saturated carbocycles. The van der Waals surface area contributed by atoms with Crippen molar-refractivity contribution in [2.24, 2.45) is 0 Å². The fourth-order valence-electron chi connectivity index (χ4n) is 2.93. The number of rotatable bonds is 3. The first-order valence-corrected chi connectivity index (χ1v) is 8.36. The minimum Gasteiger partial charge on any atom is -0.363 e. The van der Waals surface area contributed by atoms with E-state index in [1.807, 2.05) is 30.3 Å². The molecule has 0 atom stereocenters. The zero-order valence-electron chi connectivity index (χ0n) is 13.6. The van der Waals surface area contributed by atoms with Crippen molar-refractivity contribution in [3.8, 4) is 0 Å². The average Bonchev–Trinajstić information content (AvgIpc) is 2.66. The van der Waals surface area contributed by atoms with Gasteiger partial charge in [0.2, 0.25) is 5.91 Å². The van der Waals surface area contributed by atoms with Gasteiger partial charge in [0, 0.05) is 26.2 Å². The van der Waals surface area contributed by atoms with Crippen molar-refractivity contribution >= 4 is 23.2 Å². The first-order chi connectivity index (χ1) is 12.4. The second kappa shape index (κ2) is 7.53. The number of nitrogens with zero attached hydrogens (tertiary/aromatic N) is 2. The fraction of sp³-hybridized carbons (Fsp3) is 0.278. The van der Waals surface area contributed by atoms with Gasteiger partial charge in [-0.2, -0.15) is 0 Å². The van der Waals surface area contributed by atoms with Crippen LogP contribution < -0.4 is 4.90 Å². The number of benzene rings is 2. The van der Waals surface area contributed by atoms with Gasteiger partial charge in [-0.05, 0) is 5.56 Å². The molecule has 8 heteroatoms. The Balaban J connectivity index is 1.70. The van der Waals surface area contributed by atoms with Gasteiger partial charge in [0.05, 0.1) is 6.42 Å². The van der Waals surface area contributed by atoms with Gasteiger partial charge in [-0.15, -0.1) is 0 Å². The first kappa shape index (κ1) is 18.5. The summed E-state index contributed by atoms with van der Waals surface area (Å²) in [5.41, 5.74) is 0.0680. The second-order valence-corrected chi connectivity index (χ2v) is 6.33. The number of amides is 1. The Kier molecular flexibility index (Phi) is 5.36. The summed E-state index contributed by atoms with van der Waals surface area (Å²) >= 11 is 5.24. The van der Waals surface area contributed by atoms with Gasteiger partial charge in [-0.3, -0.25) is 4.79 Å². The molecular weight excluding hydrogens is 372 g/mol. The maximum Gasteiger partial charge on any atom is 0.227 e. The molecule has 0 unspecified atom stereocenters. The molecule has 0 bridgehead atoms. The topological polar surface area (TPSA) is 23.6 Å². The molecule has 1 aliphatic rings. The Labute approximate surface area is 152 Å². The molecule has 1 heterocycles. The number of hydrogen-bond acceptors (Lipinski definition) is 2. The van der Waals surface area contributed by atoms with Gasteiger partial charge >= 0.3 is 0 Å². The summed E-state index contributed by atoms with van der Waals surface area (Å²) in [5.74, 6) is -6.42. The molecule has 1 saturated heterocycles. The summed E-state index contributed by atoms with van der Waals surface area (Å²) < 4.78 is 55.3. The number of halogens is 5. The van der Waals surface area contributed by atoms with Crippen LogP contribution in [0, 0.1) is 23.3 Å². The molecule has 1 amide bonds. The standard InChI is InChI=1S/C18H15ClF4N2O/c19-13-14(20)16(22)18(17(23)15(13)21)25-8-6-24(7-9-25)12(26)10-11-4-2-1-3-5-11/h1-5H,6-10H2. The molecule has 3 rings (SSSR count). The van der Waals surface area contributed by atoms with Crippen molar-refractivity contribution in [2.45, 2.75) is 6.42 Å². The number of hydrogen-bond donors (Lipinski definition) is 0. The SMILES string of the molecule is O=C(Cc1ccccc1)N1CCN(c2c(F)c(F)c(Cl)c(F)c2F)CC1. The maximum absolute atomic E-state index is 14.0. The summed E-state index contributed by atoms with van der Waals surface area (Å²) in [7, 11) is 0. The second-order valence-electron chi connectivity index (χ2n) is 5.95. The van der Waals surface area contributed by atoms with Crippen LogP contribution in [0.5, 0.6) is 0 Å². The normalized spacial score (nSPS) is 14.7. The lowest BCUT2D eigenvalue weighted by molar-refractivity contribution is -0.130. The van der Waals surface area contributed by atoms with Crippen molar-refractivity contribution in [1.82, 2.24) is 4.90 Å². The van der Waals surface area contributed by atoms with E-state index in [1.54, 1.807) is 4.90 Å². The first-order valence-electron chi connectivity index (χ1n) is 7.98. The van der Waals surface area contributed by atoms with E-state index >= 15 is 0 Å². The minimum absolute atomic E-state index is 0.0505. The van der Waals surface area contributed by atoms with E-state index in [-0.39, 0.29) is 38.5 Å². The van der Waals surface area contributed by atoms with Crippen LogP contribution in [0.4, 0.5) is 23.2 Å². The molecule has 0 spiro atoms. The molecular formula is C18H15ClF4N2O. The number of carbonyl (C=O) groups excluding carboxylic acids is 1. The van der Waals surface area contributed by atoms with Crippen LogP contribution in [0.25, 0.3) is 0 Å². The molecule has 2 aromatic carbocycles. The molecule has 26 heavy (non-hydrogen) atoms. The zero-order valence-corrected chi connectivity index (χ0v) is 14.4. The van der Waals surface area contributed by atoms with E-state index in [0.717, 1.165) is 5.56 Å². The monoisotopic (exact) mass is 386 g/mol. The summed E-state index contributed by atoms with van der Waals surface area (Å²) in [4.78, 5) is 15.1. The number of carbonyl (C=O) groups is 1. The summed E-state index contributed by atoms with van der Waals surface area (Å²) in [6.45, 7) is 0.483. The van der Waals surface area contributed by atoms with Crippen LogP contribution in [-0.4, -0.2) is 37.0 Å². The summed E-state index contributed by atoms with van der Waals surface area (Å²) in [5, 5.41) is -1.21. The minimum atomic E-state index is -1.62. The highest BCUT2D eigenvalue weighted by atomic mass is 35.5. The predicted octanol–water partition coefficient (Wildman–Crippen LogP) is 3.79. The fourth-order valence-corrected chi connectivity index (χ4v) is 3.10. The quantitative estimate of drug-likeness (QED) is 0.455. The molecule has 0 aromatic heterocycles. The third-order valence-corrected chi connectivity index (χ3v) is 4.67. The Bertz CT molecular complexity index is 795. The highest BCUT2D eigenvalue weighted by Gasteiger charge is 2.30. The van der Waals surface area contributed by atoms with E-state index in [9.17, 15) is 22.4 Å². The summed E-state index contributed by atoms with van der Waals surface area (Å²) in [6.07, 6.45) is 0.216. The lowest BCUT2D eigenvalue weighted by Gasteiger charge is -2.36. The van der Waals surface area contributed by atoms with E-state index in [1.165, 1.54) is 4.90 Å². The maximum atomic E-state index is 14.0. The molecule has 0 radical (unpaired) electrons. The van der Waals surface area contributed by atoms with Crippen molar-refractivity contribution in [3.05, 3.63) is 64.2 Å². The molecule has 1 aliphatic heterocycles. The van der Waals surface area contributed by atoms with Crippen LogP contribution in [-0.2, 0) is 11.2 Å². The van der Waals surface area contributed by atoms with Gasteiger partial charge in [-0.25, -0.2) is 17.6 Å². The van der Waals surface area contributed by atoms with Gasteiger partial charge in [0.25, 0.3) is 0 Å². The Hall–Kier alpha value is -2.28. The zero-order chi connectivity index (χ0) is 18.8. The summed E-state index contributed by atoms with van der Waals surface area (Å²) in [6, 6.07) is 9.17. The van der Waals surface area contributed by atoms with Gasteiger partial charge < -0.3 is 9.80 Å². The van der Waals surface area contributed by atoms with Crippen molar-refractivity contribution in [3.63, 3.8) is 0 Å². The van der Waals surface area contributed by atoms with Gasteiger partial charge in [0.15, 0.2) is 23.3 Å². The molecule has 0 N–H and O–H groups in total. The Morgan fingerprint density at radius 2 is 1.42 bits per heavy atom. The third-order valence-electron chi connectivity index (χ3n) is 4.33. The molecule has 2 aromatic rings. The molecule has 1 fully saturated rings. The third kappa shape index (κ3) is 3.49. The van der Waals surface area contributed by atoms with Gasteiger partial charge in [-0.1, -0.05) is 41.9 Å². The van der Waals surface area contributed by atoms with E-state index in [2.05, 4.69) is 0 Å². The average molecular weight is 387 g/mol. The van der Waals surface area contributed by atoms with Gasteiger partial charge in [0.1, 0.15) is 10.7 Å². The van der Waals surface area contributed by atoms with Crippen molar-refractivity contribution < 1.29 is 22.4 Å². The van der Waals surface area contributed by atoms with Crippen molar-refractivity contribution in [1.29, 1.82) is 0 Å². The van der Waals surface area contributed by atoms with Crippen molar-refractivity contribution in [2.75, 3.05) is 31.1 Å². The van der Waals surface area contributed by atoms with E-state index in [4.69, 9.17) is 11.6 Å². The van der Waals surface area contributed by atoms with Crippen LogP contribution in [0.1, 0.15) is 5.56 Å². The smallest absolute Gasteiger partial charge is 0.227 e. The lowest BCUT2D eigenvalue weighted by Crippen LogP contribution is -2.49. The predicted molar refractivity (Wildman–Crippen MR) is 90.2 cm³/mol. The Morgan fingerprint density at radius 1 is 0.885 bits per heavy atom. The van der Waals surface area contributed by atoms with Crippen LogP contribution in [0.2, 0.25) is 5.02 Å². The molecule has 3 nitrogen and oxygen atoms in total. The highest BCUT2D eigenvalue weighted by molar-refractivity contribution is 6.31. The highest BCUT2D eigenvalue weighted by Crippen LogP contribution is 2.33. The van der Waals surface area contributed by atoms with Crippen LogP contribution in [0.15, 0.2) is 30.3 Å². The Morgan fingerprint density at radius 3 is 1.96 bits per heavy atom. The number of anilines is 1. The number of piperazine rings is 1. The molecule has 0 aliphatic carbocycles. The van der Waals surface area contributed by atoms with Crippen LogP contribution in [0.3, 0.4) is 0 Å². The molecule has 138 valence electrons. The van der Waals surface area contributed by atoms with Crippen LogP contribution >= 0.6 is 11.6 Å². The van der Waals surface area contributed by atoms with E-state index in [0.29, 0.717) is 0 Å². The largest absolute Gasteiger partial charge is 0.363 e. The lowest BCUT2D eigenvalue weighted by atomic mass is 10.1. The van der Waals surface area contributed by atoms with E-state index < -0.39 is 34.0 Å².